The van der Waals surface area contributed by atoms with Crippen LogP contribution >= 0.6 is 0 Å². The van der Waals surface area contributed by atoms with Gasteiger partial charge in [0.2, 0.25) is 0 Å². The average Bonchev–Trinajstić information content (AvgIpc) is 1.65. The summed E-state index contributed by atoms with van der Waals surface area (Å²) in [5.41, 5.74) is 9.17. The minimum atomic E-state index is -1.12. The summed E-state index contributed by atoms with van der Waals surface area (Å²) in [7, 11) is 0. The fourth-order valence-electron chi connectivity index (χ4n) is 0.154. The molecule has 0 atom stereocenters. The van der Waals surface area contributed by atoms with Crippen molar-refractivity contribution in [2.45, 2.75) is 0 Å². The van der Waals surface area contributed by atoms with Crippen LogP contribution in [-0.2, 0) is 9.53 Å². The van der Waals surface area contributed by atoms with E-state index in [0.717, 1.165) is 0 Å². The molecule has 50 valence electrons. The first-order chi connectivity index (χ1) is 3.66. The maximum Gasteiger partial charge on any atom is 2.00 e. The van der Waals surface area contributed by atoms with Gasteiger partial charge in [-0.1, -0.05) is 0 Å². The van der Waals surface area contributed by atoms with Crippen LogP contribution in [0.15, 0.2) is 0 Å². The number of carbonyl (C=O) groups excluding carboxylic acids is 2. The van der Waals surface area contributed by atoms with Gasteiger partial charge in [-0.2, -0.15) is 0 Å². The van der Waals surface area contributed by atoms with E-state index in [1.54, 1.807) is 0 Å². The van der Waals surface area contributed by atoms with E-state index in [1.807, 2.05) is 0 Å². The van der Waals surface area contributed by atoms with Gasteiger partial charge in [0.25, 0.3) is 0 Å². The van der Waals surface area contributed by atoms with E-state index < -0.39 is 12.1 Å². The van der Waals surface area contributed by atoms with Crippen molar-refractivity contribution in [1.29, 1.82) is 0 Å². The molecule has 0 radical (unpaired) electrons. The Bertz CT molecular complexity index is 123. The smallest absolute Gasteiger partial charge is 1.00 e. The Labute approximate surface area is 95.1 Å². The summed E-state index contributed by atoms with van der Waals surface area (Å²) in [5, 5.41) is 0. The largest absolute Gasteiger partial charge is 2.00 e. The van der Waals surface area contributed by atoms with Crippen molar-refractivity contribution in [3.63, 3.8) is 0 Å². The molecule has 0 saturated heterocycles. The maximum absolute atomic E-state index is 9.97. The summed E-state index contributed by atoms with van der Waals surface area (Å²) >= 11 is 0. The summed E-state index contributed by atoms with van der Waals surface area (Å²) in [4.78, 5) is 19.7. The topological polar surface area (TPSA) is 95.4 Å². The molecule has 4 N–H and O–H groups in total. The zero-order chi connectivity index (χ0) is 6.57. The van der Waals surface area contributed by atoms with Crippen molar-refractivity contribution >= 4 is 60.9 Å². The van der Waals surface area contributed by atoms with Gasteiger partial charge in [-0.25, -0.2) is 4.79 Å². The quantitative estimate of drug-likeness (QED) is 0.336. The van der Waals surface area contributed by atoms with Crippen LogP contribution < -0.4 is 11.5 Å². The number of rotatable bonds is 1. The Balaban J connectivity index is -0.0000000817. The molecule has 0 aliphatic rings. The molecule has 0 rings (SSSR count). The summed E-state index contributed by atoms with van der Waals surface area (Å²) in [6.07, 6.45) is -1.12. The number of hydrogen-bond acceptors (Lipinski definition) is 4. The van der Waals surface area contributed by atoms with Crippen molar-refractivity contribution in [2.75, 3.05) is 6.54 Å². The van der Waals surface area contributed by atoms with E-state index >= 15 is 0 Å². The molecule has 0 aliphatic heterocycles. The van der Waals surface area contributed by atoms with Crippen LogP contribution in [0.1, 0.15) is 2.85 Å². The van der Waals surface area contributed by atoms with E-state index in [-0.39, 0.29) is 58.3 Å². The second-order valence-electron chi connectivity index (χ2n) is 0.997. The van der Waals surface area contributed by atoms with Gasteiger partial charge in [-0.3, -0.25) is 4.79 Å². The Kier molecular flexibility index (Phi) is 8.92. The molecule has 6 heteroatoms. The van der Waals surface area contributed by atoms with Gasteiger partial charge in [0.05, 0.1) is 6.54 Å². The average molecular weight is 257 g/mol. The number of primary amides is 1. The number of nitrogens with two attached hydrogens (primary N) is 2. The molecule has 0 fully saturated rings. The van der Waals surface area contributed by atoms with Crippen molar-refractivity contribution in [1.82, 2.24) is 0 Å². The van der Waals surface area contributed by atoms with Gasteiger partial charge < -0.3 is 19.1 Å². The normalized spacial score (nSPS) is 7.22. The zero-order valence-electron chi connectivity index (χ0n) is 6.79. The molecular formula is C3H8BaN2O3. The van der Waals surface area contributed by atoms with Crippen LogP contribution in [0.3, 0.4) is 0 Å². The molecule has 0 saturated carbocycles. The molecule has 0 aromatic carbocycles. The van der Waals surface area contributed by atoms with Gasteiger partial charge in [0, 0.05) is 0 Å². The molecule has 9 heavy (non-hydrogen) atoms. The molecule has 1 amide bonds. The Morgan fingerprint density at radius 2 is 2.00 bits per heavy atom. The second-order valence-corrected chi connectivity index (χ2v) is 0.997. The number of esters is 1. The SMILES string of the molecule is NCC(=O)OC(N)=O.[Ba+2].[H-].[H-]. The van der Waals surface area contributed by atoms with Crippen molar-refractivity contribution in [2.24, 2.45) is 11.5 Å². The third-order valence-corrected chi connectivity index (χ3v) is 0.381. The fourth-order valence-corrected chi connectivity index (χ4v) is 0.154. The van der Waals surface area contributed by atoms with Crippen LogP contribution in [0.5, 0.6) is 0 Å². The summed E-state index contributed by atoms with van der Waals surface area (Å²) < 4.78 is 3.77. The van der Waals surface area contributed by atoms with Gasteiger partial charge in [-0.15, -0.1) is 0 Å². The maximum atomic E-state index is 9.97. The number of amides is 1. The third-order valence-electron chi connectivity index (χ3n) is 0.381. The Morgan fingerprint density at radius 1 is 1.56 bits per heavy atom. The molecule has 0 aliphatic carbocycles. The first-order valence-electron chi connectivity index (χ1n) is 1.87. The third kappa shape index (κ3) is 8.47. The minimum absolute atomic E-state index is 0. The summed E-state index contributed by atoms with van der Waals surface area (Å²) in [6.45, 7) is -0.330. The molecule has 0 heterocycles. The minimum Gasteiger partial charge on any atom is -1.00 e. The van der Waals surface area contributed by atoms with Crippen molar-refractivity contribution < 1.29 is 17.2 Å². The first-order valence-corrected chi connectivity index (χ1v) is 1.87. The van der Waals surface area contributed by atoms with Gasteiger partial charge in [-0.05, 0) is 0 Å². The van der Waals surface area contributed by atoms with Gasteiger partial charge >= 0.3 is 60.9 Å². The number of hydrogen-bond donors (Lipinski definition) is 2. The monoisotopic (exact) mass is 258 g/mol. The predicted molar refractivity (Wildman–Crippen MR) is 32.7 cm³/mol. The zero-order valence-corrected chi connectivity index (χ0v) is 9.23. The molecule has 0 unspecified atom stereocenters. The van der Waals surface area contributed by atoms with Gasteiger partial charge in [0.1, 0.15) is 0 Å². The Hall–Kier alpha value is 0.471. The molecular weight excluding hydrogens is 249 g/mol. The van der Waals surface area contributed by atoms with Crippen LogP contribution in [0.25, 0.3) is 0 Å². The number of carbonyl (C=O) groups is 2. The van der Waals surface area contributed by atoms with Crippen molar-refractivity contribution in [3.05, 3.63) is 0 Å². The van der Waals surface area contributed by atoms with Crippen LogP contribution in [0, 0.1) is 0 Å². The first kappa shape index (κ1) is 12.2. The van der Waals surface area contributed by atoms with Crippen LogP contribution in [-0.4, -0.2) is 67.5 Å². The van der Waals surface area contributed by atoms with Crippen LogP contribution in [0.2, 0.25) is 0 Å². The van der Waals surface area contributed by atoms with E-state index in [0.29, 0.717) is 0 Å². The van der Waals surface area contributed by atoms with E-state index in [2.05, 4.69) is 10.5 Å². The van der Waals surface area contributed by atoms with Crippen molar-refractivity contribution in [3.8, 4) is 0 Å². The standard InChI is InChI=1S/C3H6N2O3.Ba.2H/c4-1-2(6)8-3(5)7;;;/h1,4H2,(H2,5,7);;;/q;+2;2*-1. The second kappa shape index (κ2) is 6.59. The molecule has 0 aromatic heterocycles. The molecule has 0 spiro atoms. The summed E-state index contributed by atoms with van der Waals surface area (Å²) in [5.74, 6) is -0.822. The molecule has 5 nitrogen and oxygen atoms in total. The van der Waals surface area contributed by atoms with Gasteiger partial charge in [0.15, 0.2) is 0 Å². The predicted octanol–water partition coefficient (Wildman–Crippen LogP) is -1.59. The number of ether oxygens (including phenoxy) is 1. The van der Waals surface area contributed by atoms with E-state index in [4.69, 9.17) is 5.73 Å². The van der Waals surface area contributed by atoms with E-state index in [1.165, 1.54) is 0 Å². The Morgan fingerprint density at radius 3 is 2.11 bits per heavy atom. The summed E-state index contributed by atoms with van der Waals surface area (Å²) in [6, 6.07) is 0. The fraction of sp³-hybridized carbons (Fsp3) is 0.333. The van der Waals surface area contributed by atoms with Crippen LogP contribution in [0.4, 0.5) is 4.79 Å². The van der Waals surface area contributed by atoms with E-state index in [9.17, 15) is 9.59 Å². The molecule has 0 bridgehead atoms. The molecule has 0 aromatic rings.